The Labute approximate surface area is 105 Å². The topological polar surface area (TPSA) is 0 Å². The zero-order chi connectivity index (χ0) is 12.0. The van der Waals surface area contributed by atoms with Gasteiger partial charge in [-0.05, 0) is 49.1 Å². The van der Waals surface area contributed by atoms with E-state index in [0.717, 1.165) is 17.4 Å². The van der Waals surface area contributed by atoms with Gasteiger partial charge in [0.05, 0.1) is 0 Å². The van der Waals surface area contributed by atoms with Gasteiger partial charge in [0.2, 0.25) is 0 Å². The highest BCUT2D eigenvalue weighted by molar-refractivity contribution is 6.31. The minimum absolute atomic E-state index is 0.679. The SMILES string of the molecule is CC(C)C[CH]CC(C)Cc1ccccc1Cl. The lowest BCUT2D eigenvalue weighted by Crippen LogP contribution is -2.01. The zero-order valence-corrected chi connectivity index (χ0v) is 11.3. The average Bonchev–Trinajstić information content (AvgIpc) is 2.21. The van der Waals surface area contributed by atoms with Gasteiger partial charge in [0.25, 0.3) is 0 Å². The monoisotopic (exact) mass is 237 g/mol. The van der Waals surface area contributed by atoms with E-state index in [1.807, 2.05) is 12.1 Å². The summed E-state index contributed by atoms with van der Waals surface area (Å²) in [5, 5.41) is 0.901. The van der Waals surface area contributed by atoms with Crippen molar-refractivity contribution in [3.8, 4) is 0 Å². The van der Waals surface area contributed by atoms with Crippen molar-refractivity contribution in [2.24, 2.45) is 11.8 Å². The van der Waals surface area contributed by atoms with E-state index in [4.69, 9.17) is 11.6 Å². The molecule has 16 heavy (non-hydrogen) atoms. The molecule has 1 aromatic rings. The summed E-state index contributed by atoms with van der Waals surface area (Å²) in [6.07, 6.45) is 5.89. The third kappa shape index (κ3) is 5.03. The van der Waals surface area contributed by atoms with Gasteiger partial charge in [-0.15, -0.1) is 0 Å². The van der Waals surface area contributed by atoms with Crippen molar-refractivity contribution in [3.63, 3.8) is 0 Å². The Morgan fingerprint density at radius 1 is 1.12 bits per heavy atom. The molecule has 0 saturated heterocycles. The Balaban J connectivity index is 2.34. The first-order chi connectivity index (χ1) is 7.59. The summed E-state index contributed by atoms with van der Waals surface area (Å²) in [5.74, 6) is 1.45. The quantitative estimate of drug-likeness (QED) is 0.641. The summed E-state index contributed by atoms with van der Waals surface area (Å²) < 4.78 is 0. The first-order valence-corrected chi connectivity index (χ1v) is 6.52. The smallest absolute Gasteiger partial charge is 0.0438 e. The van der Waals surface area contributed by atoms with Crippen LogP contribution in [0.15, 0.2) is 24.3 Å². The number of hydrogen-bond donors (Lipinski definition) is 0. The minimum Gasteiger partial charge on any atom is -0.0840 e. The largest absolute Gasteiger partial charge is 0.0840 e. The standard InChI is InChI=1S/C15H22Cl/c1-12(2)7-6-8-13(3)11-14-9-4-5-10-15(14)16/h4-6,9-10,12-13H,7-8,11H2,1-3H3. The van der Waals surface area contributed by atoms with E-state index >= 15 is 0 Å². The molecule has 89 valence electrons. The Morgan fingerprint density at radius 3 is 2.44 bits per heavy atom. The van der Waals surface area contributed by atoms with E-state index < -0.39 is 0 Å². The molecule has 1 rings (SSSR count). The van der Waals surface area contributed by atoms with Crippen LogP contribution >= 0.6 is 11.6 Å². The molecule has 0 saturated carbocycles. The fourth-order valence-corrected chi connectivity index (χ4v) is 2.05. The van der Waals surface area contributed by atoms with E-state index in [-0.39, 0.29) is 0 Å². The highest BCUT2D eigenvalue weighted by atomic mass is 35.5. The molecule has 0 fully saturated rings. The summed E-state index contributed by atoms with van der Waals surface area (Å²) in [5.41, 5.74) is 1.27. The molecule has 1 atom stereocenters. The van der Waals surface area contributed by atoms with E-state index in [1.54, 1.807) is 0 Å². The van der Waals surface area contributed by atoms with Gasteiger partial charge in [0.15, 0.2) is 0 Å². The van der Waals surface area contributed by atoms with Crippen molar-refractivity contribution in [2.45, 2.75) is 40.0 Å². The predicted octanol–water partition coefficient (Wildman–Crippen LogP) is 5.16. The summed E-state index contributed by atoms with van der Waals surface area (Å²) >= 11 is 6.14. The normalized spacial score (nSPS) is 13.1. The second-order valence-electron chi connectivity index (χ2n) is 5.05. The summed E-state index contributed by atoms with van der Waals surface area (Å²) in [6.45, 7) is 6.81. The summed E-state index contributed by atoms with van der Waals surface area (Å²) in [6, 6.07) is 8.15. The van der Waals surface area contributed by atoms with Gasteiger partial charge < -0.3 is 0 Å². The van der Waals surface area contributed by atoms with Crippen LogP contribution in [0.3, 0.4) is 0 Å². The van der Waals surface area contributed by atoms with Gasteiger partial charge in [-0.3, -0.25) is 0 Å². The lowest BCUT2D eigenvalue weighted by Gasteiger charge is -2.13. The fraction of sp³-hybridized carbons (Fsp3) is 0.533. The van der Waals surface area contributed by atoms with Crippen molar-refractivity contribution in [1.82, 2.24) is 0 Å². The maximum absolute atomic E-state index is 6.14. The van der Waals surface area contributed by atoms with E-state index in [9.17, 15) is 0 Å². The molecule has 1 unspecified atom stereocenters. The van der Waals surface area contributed by atoms with Crippen molar-refractivity contribution >= 4 is 11.6 Å². The Hall–Kier alpha value is -0.490. The maximum atomic E-state index is 6.14. The number of hydrogen-bond acceptors (Lipinski definition) is 0. The minimum atomic E-state index is 0.679. The van der Waals surface area contributed by atoms with Crippen molar-refractivity contribution in [2.75, 3.05) is 0 Å². The Bertz CT molecular complexity index is 304. The van der Waals surface area contributed by atoms with E-state index in [1.165, 1.54) is 18.4 Å². The predicted molar refractivity (Wildman–Crippen MR) is 72.7 cm³/mol. The Morgan fingerprint density at radius 2 is 1.81 bits per heavy atom. The van der Waals surface area contributed by atoms with Gasteiger partial charge in [-0.1, -0.05) is 50.6 Å². The van der Waals surface area contributed by atoms with Crippen LogP contribution in [-0.2, 0) is 6.42 Å². The van der Waals surface area contributed by atoms with Crippen molar-refractivity contribution < 1.29 is 0 Å². The van der Waals surface area contributed by atoms with Crippen LogP contribution < -0.4 is 0 Å². The van der Waals surface area contributed by atoms with Gasteiger partial charge in [-0.2, -0.15) is 0 Å². The van der Waals surface area contributed by atoms with Crippen LogP contribution in [0.1, 0.15) is 39.2 Å². The van der Waals surface area contributed by atoms with Crippen LogP contribution in [-0.4, -0.2) is 0 Å². The van der Waals surface area contributed by atoms with Gasteiger partial charge in [0.1, 0.15) is 0 Å². The molecule has 0 heterocycles. The molecule has 0 aromatic heterocycles. The molecule has 0 aliphatic rings. The van der Waals surface area contributed by atoms with Crippen LogP contribution in [0.25, 0.3) is 0 Å². The Kier molecular flexibility index (Phi) is 5.90. The number of halogens is 1. The lowest BCUT2D eigenvalue weighted by atomic mass is 9.94. The molecule has 1 radical (unpaired) electrons. The summed E-state index contributed by atoms with van der Waals surface area (Å²) in [4.78, 5) is 0. The molecule has 0 N–H and O–H groups in total. The van der Waals surface area contributed by atoms with E-state index in [0.29, 0.717) is 5.92 Å². The molecule has 0 nitrogen and oxygen atoms in total. The third-order valence-electron chi connectivity index (χ3n) is 2.73. The number of benzene rings is 1. The molecule has 0 aliphatic heterocycles. The van der Waals surface area contributed by atoms with Crippen LogP contribution in [0.4, 0.5) is 0 Å². The van der Waals surface area contributed by atoms with Gasteiger partial charge in [-0.25, -0.2) is 0 Å². The summed E-state index contributed by atoms with van der Waals surface area (Å²) in [7, 11) is 0. The highest BCUT2D eigenvalue weighted by Gasteiger charge is 2.07. The van der Waals surface area contributed by atoms with Crippen molar-refractivity contribution in [1.29, 1.82) is 0 Å². The molecule has 1 aromatic carbocycles. The molecular formula is C15H22Cl. The number of rotatable bonds is 6. The van der Waals surface area contributed by atoms with Crippen LogP contribution in [0.5, 0.6) is 0 Å². The van der Waals surface area contributed by atoms with E-state index in [2.05, 4.69) is 39.3 Å². The highest BCUT2D eigenvalue weighted by Crippen LogP contribution is 2.21. The molecule has 1 heteroatoms. The second kappa shape index (κ2) is 6.96. The molecule has 0 aliphatic carbocycles. The van der Waals surface area contributed by atoms with Crippen molar-refractivity contribution in [3.05, 3.63) is 41.3 Å². The molecule has 0 bridgehead atoms. The fourth-order valence-electron chi connectivity index (χ4n) is 1.84. The molecule has 0 spiro atoms. The third-order valence-corrected chi connectivity index (χ3v) is 3.10. The second-order valence-corrected chi connectivity index (χ2v) is 5.46. The maximum Gasteiger partial charge on any atom is 0.0438 e. The first-order valence-electron chi connectivity index (χ1n) is 6.14. The zero-order valence-electron chi connectivity index (χ0n) is 10.5. The lowest BCUT2D eigenvalue weighted by molar-refractivity contribution is 0.530. The first kappa shape index (κ1) is 13.6. The molecular weight excluding hydrogens is 216 g/mol. The van der Waals surface area contributed by atoms with Crippen LogP contribution in [0, 0.1) is 18.3 Å². The molecule has 0 amide bonds. The van der Waals surface area contributed by atoms with Gasteiger partial charge in [0, 0.05) is 5.02 Å². The van der Waals surface area contributed by atoms with Gasteiger partial charge >= 0.3 is 0 Å². The average molecular weight is 238 g/mol. The van der Waals surface area contributed by atoms with Crippen LogP contribution in [0.2, 0.25) is 5.02 Å².